The second kappa shape index (κ2) is 4.88. The zero-order valence-electron chi connectivity index (χ0n) is 11.7. The van der Waals surface area contributed by atoms with Crippen LogP contribution in [-0.4, -0.2) is 4.57 Å². The molecule has 1 aromatic heterocycles. The normalized spacial score (nSPS) is 13.4. The molecule has 3 aromatic rings. The van der Waals surface area contributed by atoms with E-state index in [9.17, 15) is 4.39 Å². The molecule has 0 saturated carbocycles. The summed E-state index contributed by atoms with van der Waals surface area (Å²) < 4.78 is 15.6. The lowest BCUT2D eigenvalue weighted by atomic mass is 10.0. The van der Waals surface area contributed by atoms with Gasteiger partial charge >= 0.3 is 0 Å². The van der Waals surface area contributed by atoms with Crippen LogP contribution in [0.3, 0.4) is 0 Å². The minimum absolute atomic E-state index is 0.187. The highest BCUT2D eigenvalue weighted by Crippen LogP contribution is 2.38. The first-order valence-corrected chi connectivity index (χ1v) is 7.37. The monoisotopic (exact) mass is 277 g/mol. The van der Waals surface area contributed by atoms with Crippen LogP contribution in [0.2, 0.25) is 0 Å². The van der Waals surface area contributed by atoms with Crippen LogP contribution < -0.4 is 0 Å². The van der Waals surface area contributed by atoms with Gasteiger partial charge in [0.15, 0.2) is 0 Å². The summed E-state index contributed by atoms with van der Waals surface area (Å²) in [4.78, 5) is 0. The molecule has 1 aliphatic heterocycles. The SMILES string of the molecule is Fc1ccc(-c2c(-c3ccccc3)cc3n2CCC3)cc1. The fourth-order valence-corrected chi connectivity index (χ4v) is 3.24. The van der Waals surface area contributed by atoms with Gasteiger partial charge in [-0.2, -0.15) is 0 Å². The summed E-state index contributed by atoms with van der Waals surface area (Å²) in [7, 11) is 0. The lowest BCUT2D eigenvalue weighted by molar-refractivity contribution is 0.628. The van der Waals surface area contributed by atoms with Crippen molar-refractivity contribution in [2.24, 2.45) is 0 Å². The van der Waals surface area contributed by atoms with Gasteiger partial charge in [0.1, 0.15) is 5.82 Å². The highest BCUT2D eigenvalue weighted by atomic mass is 19.1. The minimum atomic E-state index is -0.187. The van der Waals surface area contributed by atoms with Crippen LogP contribution in [0.1, 0.15) is 12.1 Å². The molecule has 0 radical (unpaired) electrons. The van der Waals surface area contributed by atoms with Gasteiger partial charge in [-0.1, -0.05) is 30.3 Å². The van der Waals surface area contributed by atoms with Crippen molar-refractivity contribution in [1.29, 1.82) is 0 Å². The first-order valence-electron chi connectivity index (χ1n) is 7.37. The van der Waals surface area contributed by atoms with Crippen molar-refractivity contribution in [3.05, 3.63) is 72.2 Å². The van der Waals surface area contributed by atoms with Crippen LogP contribution in [0.25, 0.3) is 22.4 Å². The number of nitrogens with zero attached hydrogens (tertiary/aromatic N) is 1. The smallest absolute Gasteiger partial charge is 0.123 e. The van der Waals surface area contributed by atoms with Crippen molar-refractivity contribution in [3.63, 3.8) is 0 Å². The molecule has 2 heteroatoms. The lowest BCUT2D eigenvalue weighted by Gasteiger charge is -2.10. The third-order valence-electron chi connectivity index (χ3n) is 4.20. The molecule has 0 saturated heterocycles. The Kier molecular flexibility index (Phi) is 2.88. The number of rotatable bonds is 2. The maximum atomic E-state index is 13.2. The van der Waals surface area contributed by atoms with Crippen LogP contribution in [0.5, 0.6) is 0 Å². The lowest BCUT2D eigenvalue weighted by Crippen LogP contribution is -1.96. The van der Waals surface area contributed by atoms with Crippen molar-refractivity contribution in [2.45, 2.75) is 19.4 Å². The summed E-state index contributed by atoms with van der Waals surface area (Å²) in [5.74, 6) is -0.187. The molecule has 0 amide bonds. The fourth-order valence-electron chi connectivity index (χ4n) is 3.24. The molecule has 0 atom stereocenters. The number of aryl methyl sites for hydroxylation is 1. The number of hydrogen-bond acceptors (Lipinski definition) is 0. The Morgan fingerprint density at radius 3 is 2.38 bits per heavy atom. The summed E-state index contributed by atoms with van der Waals surface area (Å²) in [5.41, 5.74) is 6.15. The molecule has 0 unspecified atom stereocenters. The van der Waals surface area contributed by atoms with E-state index >= 15 is 0 Å². The Morgan fingerprint density at radius 1 is 0.857 bits per heavy atom. The maximum Gasteiger partial charge on any atom is 0.123 e. The van der Waals surface area contributed by atoms with Crippen LogP contribution in [0.4, 0.5) is 4.39 Å². The van der Waals surface area contributed by atoms with E-state index in [0.29, 0.717) is 0 Å². The Labute approximate surface area is 123 Å². The van der Waals surface area contributed by atoms with Gasteiger partial charge in [0.25, 0.3) is 0 Å². The molecule has 0 bridgehead atoms. The number of halogens is 1. The third-order valence-corrected chi connectivity index (χ3v) is 4.20. The minimum Gasteiger partial charge on any atom is -0.344 e. The van der Waals surface area contributed by atoms with Gasteiger partial charge in [-0.25, -0.2) is 4.39 Å². The van der Waals surface area contributed by atoms with Crippen LogP contribution in [0, 0.1) is 5.82 Å². The predicted molar refractivity (Wildman–Crippen MR) is 83.6 cm³/mol. The van der Waals surface area contributed by atoms with Gasteiger partial charge in [-0.15, -0.1) is 0 Å². The molecular weight excluding hydrogens is 261 g/mol. The van der Waals surface area contributed by atoms with Gasteiger partial charge in [0, 0.05) is 17.8 Å². The van der Waals surface area contributed by atoms with E-state index in [0.717, 1.165) is 18.5 Å². The van der Waals surface area contributed by atoms with Gasteiger partial charge in [-0.05, 0) is 54.3 Å². The van der Waals surface area contributed by atoms with Crippen molar-refractivity contribution in [1.82, 2.24) is 4.57 Å². The largest absolute Gasteiger partial charge is 0.344 e. The van der Waals surface area contributed by atoms with E-state index in [2.05, 4.69) is 34.9 Å². The maximum absolute atomic E-state index is 13.2. The van der Waals surface area contributed by atoms with Gasteiger partial charge in [0.2, 0.25) is 0 Å². The number of benzene rings is 2. The Bertz CT molecular complexity index is 769. The van der Waals surface area contributed by atoms with E-state index < -0.39 is 0 Å². The summed E-state index contributed by atoms with van der Waals surface area (Å²) in [6.45, 7) is 1.05. The summed E-state index contributed by atoms with van der Waals surface area (Å²) >= 11 is 0. The molecular formula is C19H16FN. The quantitative estimate of drug-likeness (QED) is 0.627. The molecule has 2 heterocycles. The molecule has 1 nitrogen and oxygen atoms in total. The van der Waals surface area contributed by atoms with Gasteiger partial charge < -0.3 is 4.57 Å². The predicted octanol–water partition coefficient (Wildman–Crippen LogP) is 4.91. The van der Waals surface area contributed by atoms with Crippen LogP contribution in [-0.2, 0) is 13.0 Å². The first-order chi connectivity index (χ1) is 10.3. The third kappa shape index (κ3) is 2.07. The Hall–Kier alpha value is -2.35. The van der Waals surface area contributed by atoms with Crippen LogP contribution in [0.15, 0.2) is 60.7 Å². The summed E-state index contributed by atoms with van der Waals surface area (Å²) in [6.07, 6.45) is 2.32. The number of aromatic nitrogens is 1. The number of fused-ring (bicyclic) bond motifs is 1. The molecule has 21 heavy (non-hydrogen) atoms. The first kappa shape index (κ1) is 12.4. The van der Waals surface area contributed by atoms with Crippen molar-refractivity contribution in [3.8, 4) is 22.4 Å². The van der Waals surface area contributed by atoms with E-state index in [1.165, 1.54) is 28.9 Å². The highest BCUT2D eigenvalue weighted by molar-refractivity contribution is 5.82. The zero-order valence-corrected chi connectivity index (χ0v) is 11.7. The van der Waals surface area contributed by atoms with E-state index in [-0.39, 0.29) is 5.82 Å². The molecule has 2 aromatic carbocycles. The standard InChI is InChI=1S/C19H16FN/c20-16-10-8-15(9-11-16)19-18(14-5-2-1-3-6-14)13-17-7-4-12-21(17)19/h1-3,5-6,8-11,13H,4,7,12H2. The van der Waals surface area contributed by atoms with Crippen molar-refractivity contribution in [2.75, 3.05) is 0 Å². The van der Waals surface area contributed by atoms with Crippen LogP contribution >= 0.6 is 0 Å². The van der Waals surface area contributed by atoms with Crippen molar-refractivity contribution >= 4 is 0 Å². The molecule has 0 aliphatic carbocycles. The second-order valence-corrected chi connectivity index (χ2v) is 5.53. The highest BCUT2D eigenvalue weighted by Gasteiger charge is 2.21. The Morgan fingerprint density at radius 2 is 1.62 bits per heavy atom. The average molecular weight is 277 g/mol. The molecule has 104 valence electrons. The van der Waals surface area contributed by atoms with Gasteiger partial charge in [-0.3, -0.25) is 0 Å². The zero-order chi connectivity index (χ0) is 14.2. The van der Waals surface area contributed by atoms with Gasteiger partial charge in [0.05, 0.1) is 5.69 Å². The van der Waals surface area contributed by atoms with Crippen molar-refractivity contribution < 1.29 is 4.39 Å². The average Bonchev–Trinajstić information content (AvgIpc) is 3.10. The second-order valence-electron chi connectivity index (χ2n) is 5.53. The van der Waals surface area contributed by atoms with E-state index in [1.54, 1.807) is 12.1 Å². The topological polar surface area (TPSA) is 4.93 Å². The molecule has 0 N–H and O–H groups in total. The van der Waals surface area contributed by atoms with E-state index in [1.807, 2.05) is 18.2 Å². The number of hydrogen-bond donors (Lipinski definition) is 0. The summed E-state index contributed by atoms with van der Waals surface area (Å²) in [5, 5.41) is 0. The molecule has 1 aliphatic rings. The fraction of sp³-hybridized carbons (Fsp3) is 0.158. The summed E-state index contributed by atoms with van der Waals surface area (Å²) in [6, 6.07) is 19.6. The van der Waals surface area contributed by atoms with E-state index in [4.69, 9.17) is 0 Å². The molecule has 0 fully saturated rings. The Balaban J connectivity index is 1.94. The molecule has 4 rings (SSSR count). The molecule has 0 spiro atoms.